The van der Waals surface area contributed by atoms with Gasteiger partial charge in [-0.3, -0.25) is 4.90 Å². The summed E-state index contributed by atoms with van der Waals surface area (Å²) in [5.41, 5.74) is 0. The molecule has 1 aliphatic rings. The van der Waals surface area contributed by atoms with Crippen molar-refractivity contribution in [3.05, 3.63) is 0 Å². The lowest BCUT2D eigenvalue weighted by Crippen LogP contribution is -2.49. The molecular formula is C22H41NO4. The molecule has 0 radical (unpaired) electrons. The van der Waals surface area contributed by atoms with E-state index >= 15 is 0 Å². The number of hydrogen-bond acceptors (Lipinski definition) is 4. The number of rotatable bonds is 14. The number of carbonyl (C=O) groups is 2. The van der Waals surface area contributed by atoms with Gasteiger partial charge < -0.3 is 9.47 Å². The summed E-state index contributed by atoms with van der Waals surface area (Å²) in [5, 5.41) is 0. The Labute approximate surface area is 166 Å². The van der Waals surface area contributed by atoms with E-state index in [0.717, 1.165) is 38.5 Å². The van der Waals surface area contributed by atoms with Crippen LogP contribution in [0.5, 0.6) is 0 Å². The molecule has 27 heavy (non-hydrogen) atoms. The van der Waals surface area contributed by atoms with E-state index in [9.17, 15) is 9.59 Å². The molecular weight excluding hydrogens is 342 g/mol. The fourth-order valence-corrected chi connectivity index (χ4v) is 3.46. The Morgan fingerprint density at radius 1 is 0.778 bits per heavy atom. The predicted octanol–water partition coefficient (Wildman–Crippen LogP) is 5.85. The standard InChI is InChI=1S/C22H41NO4/c1-3-5-7-8-9-10-11-12-15-19-26-21(24)20-16-13-14-17-23(20)22(25)27-18-6-4-2/h20H,3-19H2,1-2H3. The van der Waals surface area contributed by atoms with Crippen LogP contribution in [-0.2, 0) is 14.3 Å². The van der Waals surface area contributed by atoms with Gasteiger partial charge >= 0.3 is 12.1 Å². The Morgan fingerprint density at radius 3 is 2.04 bits per heavy atom. The number of hydrogen-bond donors (Lipinski definition) is 0. The molecule has 1 heterocycles. The molecule has 5 nitrogen and oxygen atoms in total. The number of amides is 1. The lowest BCUT2D eigenvalue weighted by molar-refractivity contribution is -0.150. The van der Waals surface area contributed by atoms with Crippen molar-refractivity contribution in [3.63, 3.8) is 0 Å². The molecule has 0 aromatic heterocycles. The minimum Gasteiger partial charge on any atom is -0.464 e. The highest BCUT2D eigenvalue weighted by Crippen LogP contribution is 2.19. The second-order valence-electron chi connectivity index (χ2n) is 7.67. The molecule has 0 aliphatic carbocycles. The molecule has 1 aliphatic heterocycles. The van der Waals surface area contributed by atoms with Crippen LogP contribution in [-0.4, -0.2) is 42.8 Å². The average Bonchev–Trinajstić information content (AvgIpc) is 2.69. The van der Waals surface area contributed by atoms with Crippen molar-refractivity contribution < 1.29 is 19.1 Å². The fourth-order valence-electron chi connectivity index (χ4n) is 3.46. The third kappa shape index (κ3) is 10.6. The zero-order valence-electron chi connectivity index (χ0n) is 17.7. The Kier molecular flexibility index (Phi) is 13.9. The van der Waals surface area contributed by atoms with E-state index in [2.05, 4.69) is 13.8 Å². The van der Waals surface area contributed by atoms with E-state index < -0.39 is 6.04 Å². The highest BCUT2D eigenvalue weighted by atomic mass is 16.6. The fraction of sp³-hybridized carbons (Fsp3) is 0.909. The molecule has 0 aromatic rings. The maximum Gasteiger partial charge on any atom is 0.410 e. The summed E-state index contributed by atoms with van der Waals surface area (Å²) in [6.07, 6.45) is 15.2. The Balaban J connectivity index is 2.16. The topological polar surface area (TPSA) is 55.8 Å². The lowest BCUT2D eigenvalue weighted by Gasteiger charge is -2.33. The van der Waals surface area contributed by atoms with Gasteiger partial charge in [-0.05, 0) is 32.1 Å². The molecule has 0 aromatic carbocycles. The van der Waals surface area contributed by atoms with E-state index in [1.165, 1.54) is 44.9 Å². The zero-order valence-corrected chi connectivity index (χ0v) is 17.7. The van der Waals surface area contributed by atoms with Crippen molar-refractivity contribution in [1.29, 1.82) is 0 Å². The second kappa shape index (κ2) is 15.8. The Bertz CT molecular complexity index is 400. The molecule has 158 valence electrons. The van der Waals surface area contributed by atoms with Crippen molar-refractivity contribution in [3.8, 4) is 0 Å². The molecule has 0 saturated carbocycles. The van der Waals surface area contributed by atoms with Crippen molar-refractivity contribution in [1.82, 2.24) is 4.90 Å². The van der Waals surface area contributed by atoms with Gasteiger partial charge in [-0.15, -0.1) is 0 Å². The zero-order chi connectivity index (χ0) is 19.7. The monoisotopic (exact) mass is 383 g/mol. The Hall–Kier alpha value is -1.26. The highest BCUT2D eigenvalue weighted by molar-refractivity contribution is 5.81. The summed E-state index contributed by atoms with van der Waals surface area (Å²) >= 11 is 0. The van der Waals surface area contributed by atoms with E-state index in [4.69, 9.17) is 9.47 Å². The molecule has 0 spiro atoms. The predicted molar refractivity (Wildman–Crippen MR) is 109 cm³/mol. The van der Waals surface area contributed by atoms with Crippen LogP contribution in [0.25, 0.3) is 0 Å². The van der Waals surface area contributed by atoms with Crippen LogP contribution in [0.1, 0.15) is 104 Å². The molecule has 5 heteroatoms. The van der Waals surface area contributed by atoms with Crippen molar-refractivity contribution in [2.45, 2.75) is 110 Å². The summed E-state index contributed by atoms with van der Waals surface area (Å²) in [6, 6.07) is -0.466. The largest absolute Gasteiger partial charge is 0.464 e. The van der Waals surface area contributed by atoms with Gasteiger partial charge in [-0.1, -0.05) is 71.6 Å². The third-order valence-corrected chi connectivity index (χ3v) is 5.23. The van der Waals surface area contributed by atoms with Crippen LogP contribution in [0.3, 0.4) is 0 Å². The quantitative estimate of drug-likeness (QED) is 0.279. The Morgan fingerprint density at radius 2 is 1.37 bits per heavy atom. The van der Waals surface area contributed by atoms with Gasteiger partial charge in [0.25, 0.3) is 0 Å². The van der Waals surface area contributed by atoms with Gasteiger partial charge in [-0.25, -0.2) is 9.59 Å². The van der Waals surface area contributed by atoms with Crippen molar-refractivity contribution >= 4 is 12.1 Å². The van der Waals surface area contributed by atoms with E-state index in [1.54, 1.807) is 4.90 Å². The van der Waals surface area contributed by atoms with Gasteiger partial charge in [0, 0.05) is 6.54 Å². The van der Waals surface area contributed by atoms with Gasteiger partial charge in [0.1, 0.15) is 6.04 Å². The summed E-state index contributed by atoms with van der Waals surface area (Å²) in [4.78, 5) is 26.2. The van der Waals surface area contributed by atoms with E-state index in [-0.39, 0.29) is 12.1 Å². The van der Waals surface area contributed by atoms with Gasteiger partial charge in [0.2, 0.25) is 0 Å². The first kappa shape index (κ1) is 23.8. The normalized spacial score (nSPS) is 17.0. The molecule has 1 amide bonds. The summed E-state index contributed by atoms with van der Waals surface area (Å²) in [6.45, 7) is 5.77. The molecule has 0 bridgehead atoms. The molecule has 1 saturated heterocycles. The average molecular weight is 384 g/mol. The van der Waals surface area contributed by atoms with Crippen LogP contribution in [0.15, 0.2) is 0 Å². The number of nitrogens with zero attached hydrogens (tertiary/aromatic N) is 1. The van der Waals surface area contributed by atoms with Crippen LogP contribution in [0.2, 0.25) is 0 Å². The van der Waals surface area contributed by atoms with Crippen molar-refractivity contribution in [2.75, 3.05) is 19.8 Å². The second-order valence-corrected chi connectivity index (χ2v) is 7.67. The summed E-state index contributed by atoms with van der Waals surface area (Å²) in [7, 11) is 0. The van der Waals surface area contributed by atoms with E-state index in [1.807, 2.05) is 0 Å². The maximum absolute atomic E-state index is 12.4. The number of piperidine rings is 1. The lowest BCUT2D eigenvalue weighted by atomic mass is 10.0. The first-order valence-electron chi connectivity index (χ1n) is 11.3. The molecule has 1 fully saturated rings. The molecule has 1 atom stereocenters. The van der Waals surface area contributed by atoms with E-state index in [0.29, 0.717) is 26.2 Å². The minimum atomic E-state index is -0.466. The first-order valence-corrected chi connectivity index (χ1v) is 11.3. The number of ether oxygens (including phenoxy) is 2. The van der Waals surface area contributed by atoms with Crippen LogP contribution >= 0.6 is 0 Å². The smallest absolute Gasteiger partial charge is 0.410 e. The van der Waals surface area contributed by atoms with Crippen molar-refractivity contribution in [2.24, 2.45) is 0 Å². The van der Waals surface area contributed by atoms with Gasteiger partial charge in [0.15, 0.2) is 0 Å². The van der Waals surface area contributed by atoms with Gasteiger partial charge in [-0.2, -0.15) is 0 Å². The van der Waals surface area contributed by atoms with Crippen LogP contribution < -0.4 is 0 Å². The number of carbonyl (C=O) groups excluding carboxylic acids is 2. The van der Waals surface area contributed by atoms with Crippen LogP contribution in [0, 0.1) is 0 Å². The number of unbranched alkanes of at least 4 members (excludes halogenated alkanes) is 9. The highest BCUT2D eigenvalue weighted by Gasteiger charge is 2.34. The SMILES string of the molecule is CCCCCCCCCCCOC(=O)C1CCCCN1C(=O)OCCCC. The van der Waals surface area contributed by atoms with Gasteiger partial charge in [0.05, 0.1) is 13.2 Å². The summed E-state index contributed by atoms with van der Waals surface area (Å²) in [5.74, 6) is -0.262. The number of likely N-dealkylation sites (tertiary alicyclic amines) is 1. The minimum absolute atomic E-state index is 0.262. The molecule has 1 unspecified atom stereocenters. The number of esters is 1. The molecule has 1 rings (SSSR count). The summed E-state index contributed by atoms with van der Waals surface area (Å²) < 4.78 is 10.7. The molecule has 0 N–H and O–H groups in total. The maximum atomic E-state index is 12.4. The first-order chi connectivity index (χ1) is 13.2. The van der Waals surface area contributed by atoms with Crippen LogP contribution in [0.4, 0.5) is 4.79 Å². The third-order valence-electron chi connectivity index (χ3n) is 5.23.